The van der Waals surface area contributed by atoms with Gasteiger partial charge in [0.2, 0.25) is 5.95 Å². The van der Waals surface area contributed by atoms with Crippen LogP contribution in [0.3, 0.4) is 0 Å². The van der Waals surface area contributed by atoms with Crippen LogP contribution in [-0.4, -0.2) is 37.5 Å². The summed E-state index contributed by atoms with van der Waals surface area (Å²) in [4.78, 5) is 37.5. The molecule has 8 heteroatoms. The second-order valence-electron chi connectivity index (χ2n) is 7.95. The molecule has 0 saturated heterocycles. The third-order valence-corrected chi connectivity index (χ3v) is 6.11. The summed E-state index contributed by atoms with van der Waals surface area (Å²) >= 11 is 0. The summed E-state index contributed by atoms with van der Waals surface area (Å²) < 4.78 is 5.66. The van der Waals surface area contributed by atoms with Crippen molar-refractivity contribution in [3.63, 3.8) is 0 Å². The van der Waals surface area contributed by atoms with Crippen LogP contribution in [0.2, 0.25) is 0 Å². The summed E-state index contributed by atoms with van der Waals surface area (Å²) in [7, 11) is 0. The molecule has 0 radical (unpaired) electrons. The fourth-order valence-corrected chi connectivity index (χ4v) is 4.28. The molecular weight excluding hydrogens is 396 g/mol. The molecular formula is C23H20N4O4. The highest BCUT2D eigenvalue weighted by molar-refractivity contribution is 5.97. The van der Waals surface area contributed by atoms with Crippen molar-refractivity contribution in [3.05, 3.63) is 72.3 Å². The molecule has 1 aliphatic carbocycles. The van der Waals surface area contributed by atoms with Gasteiger partial charge in [0.15, 0.2) is 0 Å². The van der Waals surface area contributed by atoms with Crippen molar-refractivity contribution in [1.82, 2.24) is 15.0 Å². The molecule has 0 bridgehead atoms. The molecule has 156 valence electrons. The minimum Gasteiger partial charge on any atom is -0.450 e. The summed E-state index contributed by atoms with van der Waals surface area (Å²) in [5.41, 5.74) is 0.592. The first-order valence-corrected chi connectivity index (χ1v) is 10.1. The van der Waals surface area contributed by atoms with Crippen molar-refractivity contribution in [2.45, 2.75) is 36.9 Å². The van der Waals surface area contributed by atoms with Crippen LogP contribution in [-0.2, 0) is 15.1 Å². The van der Waals surface area contributed by atoms with E-state index in [1.54, 1.807) is 30.9 Å². The lowest BCUT2D eigenvalue weighted by Gasteiger charge is -2.40. The third-order valence-electron chi connectivity index (χ3n) is 6.11. The second-order valence-corrected chi connectivity index (χ2v) is 7.95. The summed E-state index contributed by atoms with van der Waals surface area (Å²) in [6.45, 7) is 0. The van der Waals surface area contributed by atoms with Crippen LogP contribution in [0.5, 0.6) is 0 Å². The van der Waals surface area contributed by atoms with E-state index in [1.807, 2.05) is 30.3 Å². The van der Waals surface area contributed by atoms with E-state index in [-0.39, 0.29) is 24.8 Å². The van der Waals surface area contributed by atoms with Gasteiger partial charge in [0.1, 0.15) is 11.2 Å². The molecule has 31 heavy (non-hydrogen) atoms. The number of carbonyl (C=O) groups excluding carboxylic acids is 2. The monoisotopic (exact) mass is 416 g/mol. The maximum atomic E-state index is 12.8. The quantitative estimate of drug-likeness (QED) is 0.631. The third kappa shape index (κ3) is 3.34. The summed E-state index contributed by atoms with van der Waals surface area (Å²) in [5, 5.41) is 13.6. The number of benzene rings is 1. The Morgan fingerprint density at radius 3 is 2.39 bits per heavy atom. The molecule has 1 amide bonds. The van der Waals surface area contributed by atoms with Gasteiger partial charge in [-0.2, -0.15) is 0 Å². The number of esters is 1. The van der Waals surface area contributed by atoms with E-state index < -0.39 is 17.1 Å². The second kappa shape index (κ2) is 7.24. The Morgan fingerprint density at radius 1 is 0.968 bits per heavy atom. The molecule has 3 aromatic rings. The van der Waals surface area contributed by atoms with Crippen molar-refractivity contribution in [2.24, 2.45) is 0 Å². The zero-order valence-electron chi connectivity index (χ0n) is 16.6. The average Bonchev–Trinajstić information content (AvgIpc) is 3.09. The average molecular weight is 416 g/mol. The van der Waals surface area contributed by atoms with Gasteiger partial charge in [0.25, 0.3) is 5.91 Å². The van der Waals surface area contributed by atoms with Gasteiger partial charge in [-0.3, -0.25) is 15.1 Å². The maximum absolute atomic E-state index is 12.8. The number of nitrogens with zero attached hydrogens (tertiary/aromatic N) is 3. The number of fused-ring (bicyclic) bond motifs is 2. The molecule has 5 rings (SSSR count). The number of aliphatic hydroxyl groups is 1. The Kier molecular flexibility index (Phi) is 4.51. The zero-order valence-corrected chi connectivity index (χ0v) is 16.6. The van der Waals surface area contributed by atoms with Crippen molar-refractivity contribution >= 4 is 17.8 Å². The Bertz CT molecular complexity index is 1140. The van der Waals surface area contributed by atoms with Crippen LogP contribution in [0, 0.1) is 0 Å². The van der Waals surface area contributed by atoms with E-state index in [9.17, 15) is 14.7 Å². The topological polar surface area (TPSA) is 114 Å². The number of amides is 1. The van der Waals surface area contributed by atoms with E-state index in [0.29, 0.717) is 18.4 Å². The van der Waals surface area contributed by atoms with E-state index in [0.717, 1.165) is 16.7 Å². The number of anilines is 1. The largest absolute Gasteiger partial charge is 0.450 e. The lowest BCUT2D eigenvalue weighted by Crippen LogP contribution is -2.49. The normalized spacial score (nSPS) is 24.5. The Morgan fingerprint density at radius 2 is 1.68 bits per heavy atom. The van der Waals surface area contributed by atoms with Gasteiger partial charge in [-0.15, -0.1) is 0 Å². The highest BCUT2D eigenvalue weighted by Gasteiger charge is 2.53. The molecule has 0 unspecified atom stereocenters. The first kappa shape index (κ1) is 19.3. The molecule has 0 atom stereocenters. The lowest BCUT2D eigenvalue weighted by molar-refractivity contribution is -0.144. The minimum absolute atomic E-state index is 0.125. The Balaban J connectivity index is 1.28. The van der Waals surface area contributed by atoms with Crippen LogP contribution in [0.1, 0.15) is 41.6 Å². The molecule has 2 aromatic heterocycles. The fraction of sp³-hybridized carbons (Fsp3) is 0.261. The number of pyridine rings is 1. The SMILES string of the molecule is O=C1O[C@]2(CC[C@](O)(C(=O)Nc3ncc(-c4ccccc4)cn3)CC2)c2cnccc21. The van der Waals surface area contributed by atoms with Gasteiger partial charge in [0, 0.05) is 35.9 Å². The number of rotatable bonds is 3. The van der Waals surface area contributed by atoms with E-state index in [4.69, 9.17) is 4.74 Å². The van der Waals surface area contributed by atoms with Crippen LogP contribution >= 0.6 is 0 Å². The number of ether oxygens (including phenoxy) is 1. The molecule has 2 aliphatic rings. The Hall–Kier alpha value is -3.65. The zero-order chi connectivity index (χ0) is 21.5. The van der Waals surface area contributed by atoms with Crippen molar-refractivity contribution in [2.75, 3.05) is 5.32 Å². The summed E-state index contributed by atoms with van der Waals surface area (Å²) in [6, 6.07) is 11.3. The van der Waals surface area contributed by atoms with Crippen LogP contribution in [0.15, 0.2) is 61.2 Å². The van der Waals surface area contributed by atoms with Gasteiger partial charge >= 0.3 is 5.97 Å². The van der Waals surface area contributed by atoms with E-state index in [2.05, 4.69) is 20.3 Å². The van der Waals surface area contributed by atoms with Crippen molar-refractivity contribution in [3.8, 4) is 11.1 Å². The molecule has 1 aromatic carbocycles. The molecule has 1 aliphatic heterocycles. The van der Waals surface area contributed by atoms with Crippen molar-refractivity contribution in [1.29, 1.82) is 0 Å². The predicted molar refractivity (Wildman–Crippen MR) is 111 cm³/mol. The smallest absolute Gasteiger partial charge is 0.339 e. The van der Waals surface area contributed by atoms with Crippen LogP contribution < -0.4 is 5.32 Å². The molecule has 1 fully saturated rings. The van der Waals surface area contributed by atoms with Crippen LogP contribution in [0.4, 0.5) is 5.95 Å². The standard InChI is InChI=1S/C23H20N4O4/c28-19-17-6-11-24-14-18(17)23(31-19)9-7-22(30,8-10-23)20(29)27-21-25-12-16(13-26-21)15-4-2-1-3-5-15/h1-6,11-14,30H,7-10H2,(H,25,26,27,29)/t22-,23+. The maximum Gasteiger partial charge on any atom is 0.339 e. The Labute approximate surface area is 178 Å². The number of hydrogen-bond acceptors (Lipinski definition) is 7. The lowest BCUT2D eigenvalue weighted by atomic mass is 9.73. The number of nitrogens with one attached hydrogen (secondary N) is 1. The number of aromatic nitrogens is 3. The summed E-state index contributed by atoms with van der Waals surface area (Å²) in [6.07, 6.45) is 7.37. The number of carbonyl (C=O) groups is 2. The van der Waals surface area contributed by atoms with Crippen LogP contribution in [0.25, 0.3) is 11.1 Å². The van der Waals surface area contributed by atoms with Gasteiger partial charge in [-0.1, -0.05) is 30.3 Å². The molecule has 3 heterocycles. The minimum atomic E-state index is -1.59. The fourth-order valence-electron chi connectivity index (χ4n) is 4.28. The van der Waals surface area contributed by atoms with Gasteiger partial charge in [-0.05, 0) is 37.3 Å². The van der Waals surface area contributed by atoms with Gasteiger partial charge in [-0.25, -0.2) is 14.8 Å². The highest BCUT2D eigenvalue weighted by Crippen LogP contribution is 2.49. The molecule has 1 spiro atoms. The first-order valence-electron chi connectivity index (χ1n) is 10.1. The predicted octanol–water partition coefficient (Wildman–Crippen LogP) is 2.85. The number of hydrogen-bond donors (Lipinski definition) is 2. The molecule has 2 N–H and O–H groups in total. The van der Waals surface area contributed by atoms with E-state index in [1.165, 1.54) is 0 Å². The molecule has 8 nitrogen and oxygen atoms in total. The van der Waals surface area contributed by atoms with Gasteiger partial charge < -0.3 is 9.84 Å². The van der Waals surface area contributed by atoms with Gasteiger partial charge in [0.05, 0.1) is 5.56 Å². The van der Waals surface area contributed by atoms with Crippen molar-refractivity contribution < 1.29 is 19.4 Å². The first-order chi connectivity index (χ1) is 15.0. The molecule has 1 saturated carbocycles. The summed E-state index contributed by atoms with van der Waals surface area (Å²) in [5.74, 6) is -0.829. The highest BCUT2D eigenvalue weighted by atomic mass is 16.6. The van der Waals surface area contributed by atoms with E-state index >= 15 is 0 Å².